The zero-order valence-electron chi connectivity index (χ0n) is 17.3. The highest BCUT2D eigenvalue weighted by atomic mass is 16.3. The topological polar surface area (TPSA) is 78.4 Å². The van der Waals surface area contributed by atoms with E-state index in [1.165, 1.54) is 5.56 Å². The molecule has 0 heterocycles. The van der Waals surface area contributed by atoms with Gasteiger partial charge in [0.1, 0.15) is 0 Å². The van der Waals surface area contributed by atoms with Crippen LogP contribution in [0.1, 0.15) is 53.7 Å². The number of benzene rings is 2. The van der Waals surface area contributed by atoms with E-state index in [1.54, 1.807) is 0 Å². The summed E-state index contributed by atoms with van der Waals surface area (Å²) in [5.41, 5.74) is 3.89. The number of aliphatic hydroxyl groups is 1. The first kappa shape index (κ1) is 21.1. The summed E-state index contributed by atoms with van der Waals surface area (Å²) in [6.07, 6.45) is 0.766. The van der Waals surface area contributed by atoms with Crippen LogP contribution in [-0.2, 0) is 11.2 Å². The van der Waals surface area contributed by atoms with Gasteiger partial charge in [-0.2, -0.15) is 0 Å². The van der Waals surface area contributed by atoms with Gasteiger partial charge in [-0.25, -0.2) is 0 Å². The molecule has 2 aromatic carbocycles. The SMILES string of the molecule is Cc1ccc(Cc2ccccc2C(=O)N[C@H]2C[C@H](C(=O)NC(C)C)C[C@@H]2O)cc1. The average molecular weight is 395 g/mol. The minimum absolute atomic E-state index is 0.0573. The lowest BCUT2D eigenvalue weighted by Crippen LogP contribution is -2.40. The second-order valence-corrected chi connectivity index (χ2v) is 8.30. The number of rotatable bonds is 6. The summed E-state index contributed by atoms with van der Waals surface area (Å²) in [5.74, 6) is -0.544. The lowest BCUT2D eigenvalue weighted by Gasteiger charge is -2.18. The van der Waals surface area contributed by atoms with Crippen molar-refractivity contribution in [2.45, 2.75) is 58.2 Å². The first-order valence-corrected chi connectivity index (χ1v) is 10.3. The second kappa shape index (κ2) is 9.23. The Hall–Kier alpha value is -2.66. The molecule has 1 saturated carbocycles. The van der Waals surface area contributed by atoms with E-state index in [2.05, 4.69) is 34.9 Å². The molecular formula is C24H30N2O3. The van der Waals surface area contributed by atoms with Crippen molar-refractivity contribution >= 4 is 11.8 Å². The Kier molecular flexibility index (Phi) is 6.70. The monoisotopic (exact) mass is 394 g/mol. The van der Waals surface area contributed by atoms with Crippen molar-refractivity contribution in [3.8, 4) is 0 Å². The molecule has 2 aromatic rings. The van der Waals surface area contributed by atoms with E-state index in [0.717, 1.165) is 11.1 Å². The number of aryl methyl sites for hydroxylation is 1. The van der Waals surface area contributed by atoms with E-state index >= 15 is 0 Å². The molecule has 1 fully saturated rings. The summed E-state index contributed by atoms with van der Waals surface area (Å²) in [7, 11) is 0. The number of carbonyl (C=O) groups excluding carboxylic acids is 2. The van der Waals surface area contributed by atoms with E-state index in [1.807, 2.05) is 45.0 Å². The van der Waals surface area contributed by atoms with E-state index in [9.17, 15) is 14.7 Å². The molecule has 3 rings (SSSR count). The van der Waals surface area contributed by atoms with Gasteiger partial charge in [0, 0.05) is 17.5 Å². The van der Waals surface area contributed by atoms with E-state index in [-0.39, 0.29) is 23.8 Å². The molecule has 0 radical (unpaired) electrons. The van der Waals surface area contributed by atoms with Crippen LogP contribution in [0.5, 0.6) is 0 Å². The van der Waals surface area contributed by atoms with Crippen LogP contribution >= 0.6 is 0 Å². The van der Waals surface area contributed by atoms with Crippen molar-refractivity contribution in [2.24, 2.45) is 5.92 Å². The molecule has 29 heavy (non-hydrogen) atoms. The zero-order valence-corrected chi connectivity index (χ0v) is 17.3. The number of nitrogens with one attached hydrogen (secondary N) is 2. The van der Waals surface area contributed by atoms with Crippen molar-refractivity contribution in [3.05, 3.63) is 70.8 Å². The maximum absolute atomic E-state index is 12.9. The predicted molar refractivity (Wildman–Crippen MR) is 114 cm³/mol. The van der Waals surface area contributed by atoms with Crippen LogP contribution in [0.3, 0.4) is 0 Å². The summed E-state index contributed by atoms with van der Waals surface area (Å²) < 4.78 is 0. The van der Waals surface area contributed by atoms with Gasteiger partial charge in [0.25, 0.3) is 5.91 Å². The second-order valence-electron chi connectivity index (χ2n) is 8.30. The van der Waals surface area contributed by atoms with Crippen molar-refractivity contribution in [2.75, 3.05) is 0 Å². The van der Waals surface area contributed by atoms with Crippen molar-refractivity contribution < 1.29 is 14.7 Å². The van der Waals surface area contributed by atoms with Crippen molar-refractivity contribution in [1.29, 1.82) is 0 Å². The van der Waals surface area contributed by atoms with Gasteiger partial charge in [-0.15, -0.1) is 0 Å². The highest BCUT2D eigenvalue weighted by Crippen LogP contribution is 2.27. The molecule has 1 aliphatic carbocycles. The number of carbonyl (C=O) groups is 2. The molecule has 1 aliphatic rings. The standard InChI is InChI=1S/C24H30N2O3/c1-15(2)25-23(28)19-13-21(22(27)14-19)26-24(29)20-7-5-4-6-18(20)12-17-10-8-16(3)9-11-17/h4-11,15,19,21-22,27H,12-14H2,1-3H3,(H,25,28)(H,26,29)/t19-,21-,22-/m0/s1. The zero-order chi connectivity index (χ0) is 21.0. The number of aliphatic hydroxyl groups excluding tert-OH is 1. The number of hydrogen-bond donors (Lipinski definition) is 3. The fraction of sp³-hybridized carbons (Fsp3) is 0.417. The third-order valence-electron chi connectivity index (χ3n) is 5.42. The lowest BCUT2D eigenvalue weighted by molar-refractivity contribution is -0.125. The van der Waals surface area contributed by atoms with Gasteiger partial charge < -0.3 is 15.7 Å². The van der Waals surface area contributed by atoms with Crippen molar-refractivity contribution in [1.82, 2.24) is 10.6 Å². The third-order valence-corrected chi connectivity index (χ3v) is 5.42. The van der Waals surface area contributed by atoms with E-state index in [4.69, 9.17) is 0 Å². The summed E-state index contributed by atoms with van der Waals surface area (Å²) in [4.78, 5) is 25.2. The van der Waals surface area contributed by atoms with Gasteiger partial charge in [0.05, 0.1) is 12.1 Å². The summed E-state index contributed by atoms with van der Waals surface area (Å²) in [6.45, 7) is 5.87. The fourth-order valence-electron chi connectivity index (χ4n) is 3.86. The Balaban J connectivity index is 1.68. The summed E-state index contributed by atoms with van der Waals surface area (Å²) in [5, 5.41) is 16.2. The lowest BCUT2D eigenvalue weighted by atomic mass is 9.98. The van der Waals surface area contributed by atoms with Gasteiger partial charge >= 0.3 is 0 Å². The smallest absolute Gasteiger partial charge is 0.251 e. The van der Waals surface area contributed by atoms with Gasteiger partial charge in [0.2, 0.25) is 5.91 Å². The fourth-order valence-corrected chi connectivity index (χ4v) is 3.86. The van der Waals surface area contributed by atoms with Crippen molar-refractivity contribution in [3.63, 3.8) is 0 Å². The van der Waals surface area contributed by atoms with Crippen LogP contribution in [0.15, 0.2) is 48.5 Å². The molecule has 0 bridgehead atoms. The minimum Gasteiger partial charge on any atom is -0.391 e. The largest absolute Gasteiger partial charge is 0.391 e. The van der Waals surface area contributed by atoms with Gasteiger partial charge in [-0.1, -0.05) is 48.0 Å². The Labute approximate surface area is 172 Å². The van der Waals surface area contributed by atoms with E-state index < -0.39 is 12.1 Å². The van der Waals surface area contributed by atoms with E-state index in [0.29, 0.717) is 24.8 Å². The highest BCUT2D eigenvalue weighted by Gasteiger charge is 2.38. The molecule has 0 unspecified atom stereocenters. The molecule has 3 N–H and O–H groups in total. The van der Waals surface area contributed by atoms with Gasteiger partial charge in [-0.05, 0) is 57.2 Å². The van der Waals surface area contributed by atoms with Crippen LogP contribution in [0.2, 0.25) is 0 Å². The average Bonchev–Trinajstić information content (AvgIpc) is 3.04. The maximum Gasteiger partial charge on any atom is 0.251 e. The predicted octanol–water partition coefficient (Wildman–Crippen LogP) is 2.98. The maximum atomic E-state index is 12.9. The molecule has 0 aliphatic heterocycles. The molecule has 0 spiro atoms. The number of amides is 2. The normalized spacial score (nSPS) is 21.2. The highest BCUT2D eigenvalue weighted by molar-refractivity contribution is 5.96. The molecule has 154 valence electrons. The Morgan fingerprint density at radius 2 is 1.76 bits per heavy atom. The molecule has 5 heteroatoms. The molecule has 0 saturated heterocycles. The summed E-state index contributed by atoms with van der Waals surface area (Å²) in [6, 6.07) is 15.5. The van der Waals surface area contributed by atoms with Gasteiger partial charge in [-0.3, -0.25) is 9.59 Å². The summed E-state index contributed by atoms with van der Waals surface area (Å²) >= 11 is 0. The first-order chi connectivity index (χ1) is 13.8. The minimum atomic E-state index is -0.717. The number of hydrogen-bond acceptors (Lipinski definition) is 3. The van der Waals surface area contributed by atoms with Crippen LogP contribution in [0, 0.1) is 12.8 Å². The molecule has 0 aromatic heterocycles. The Bertz CT molecular complexity index is 861. The first-order valence-electron chi connectivity index (χ1n) is 10.3. The third kappa shape index (κ3) is 5.45. The van der Waals surface area contributed by atoms with Gasteiger partial charge in [0.15, 0.2) is 0 Å². The van der Waals surface area contributed by atoms with Crippen LogP contribution < -0.4 is 10.6 Å². The quantitative estimate of drug-likeness (QED) is 0.705. The molecule has 5 nitrogen and oxygen atoms in total. The molecule has 2 amide bonds. The Morgan fingerprint density at radius 3 is 2.45 bits per heavy atom. The Morgan fingerprint density at radius 1 is 1.07 bits per heavy atom. The van der Waals surface area contributed by atoms with Crippen LogP contribution in [-0.4, -0.2) is 35.1 Å². The van der Waals surface area contributed by atoms with Crippen LogP contribution in [0.4, 0.5) is 0 Å². The molecule has 3 atom stereocenters. The molecular weight excluding hydrogens is 364 g/mol. The van der Waals surface area contributed by atoms with Crippen LogP contribution in [0.25, 0.3) is 0 Å².